The van der Waals surface area contributed by atoms with Crippen molar-refractivity contribution in [1.82, 2.24) is 0 Å². The van der Waals surface area contributed by atoms with Crippen molar-refractivity contribution < 1.29 is 9.47 Å². The zero-order chi connectivity index (χ0) is 9.52. The summed E-state index contributed by atoms with van der Waals surface area (Å²) in [7, 11) is 0. The Bertz CT molecular complexity index is 221. The fourth-order valence-electron chi connectivity index (χ4n) is 0.947. The smallest absolute Gasteiger partial charge is 0.197 e. The molecule has 0 aliphatic rings. The number of rotatable bonds is 5. The van der Waals surface area contributed by atoms with Crippen molar-refractivity contribution in [3.63, 3.8) is 0 Å². The van der Waals surface area contributed by atoms with Crippen molar-refractivity contribution in [2.45, 2.75) is 26.6 Å². The molecule has 0 amide bonds. The van der Waals surface area contributed by atoms with Gasteiger partial charge in [-0.2, -0.15) is 0 Å². The Hall–Kier alpha value is -1.02. The van der Waals surface area contributed by atoms with Crippen molar-refractivity contribution in [2.75, 3.05) is 6.61 Å². The monoisotopic (exact) mass is 179 g/mol. The number of hydrogen-bond acceptors (Lipinski definition) is 2. The van der Waals surface area contributed by atoms with E-state index in [1.54, 1.807) is 0 Å². The Kier molecular flexibility index (Phi) is 4.33. The van der Waals surface area contributed by atoms with Crippen LogP contribution in [-0.2, 0) is 4.74 Å². The zero-order valence-electron chi connectivity index (χ0n) is 8.12. The standard InChI is InChI=1S/C11H15O2/c1-3-9-12-10(2)13-11-7-5-4-6-8-11/h4-7,10H,3,9H2,1-2H3. The Morgan fingerprint density at radius 1 is 1.46 bits per heavy atom. The second kappa shape index (κ2) is 5.60. The summed E-state index contributed by atoms with van der Waals surface area (Å²) in [5.41, 5.74) is 0. The van der Waals surface area contributed by atoms with Crippen LogP contribution in [0.3, 0.4) is 0 Å². The van der Waals surface area contributed by atoms with E-state index in [1.807, 2.05) is 31.2 Å². The maximum absolute atomic E-state index is 5.44. The molecule has 2 heteroatoms. The van der Waals surface area contributed by atoms with Gasteiger partial charge in [-0.15, -0.1) is 0 Å². The average molecular weight is 179 g/mol. The third-order valence-corrected chi connectivity index (χ3v) is 1.53. The normalized spacial score (nSPS) is 12.5. The molecule has 0 aromatic heterocycles. The minimum atomic E-state index is -0.196. The van der Waals surface area contributed by atoms with Gasteiger partial charge in [0.15, 0.2) is 6.29 Å². The fourth-order valence-corrected chi connectivity index (χ4v) is 0.947. The molecule has 0 spiro atoms. The highest BCUT2D eigenvalue weighted by molar-refractivity contribution is 5.19. The maximum atomic E-state index is 5.44. The van der Waals surface area contributed by atoms with E-state index in [2.05, 4.69) is 13.0 Å². The molecule has 0 aliphatic heterocycles. The largest absolute Gasteiger partial charge is 0.465 e. The molecular weight excluding hydrogens is 164 g/mol. The third kappa shape index (κ3) is 3.95. The summed E-state index contributed by atoms with van der Waals surface area (Å²) in [6.45, 7) is 4.69. The number of benzene rings is 1. The Labute approximate surface area is 79.5 Å². The number of ether oxygens (including phenoxy) is 2. The topological polar surface area (TPSA) is 18.5 Å². The van der Waals surface area contributed by atoms with Crippen molar-refractivity contribution in [3.05, 3.63) is 30.3 Å². The third-order valence-electron chi connectivity index (χ3n) is 1.53. The molecule has 0 saturated heterocycles. The second-order valence-electron chi connectivity index (χ2n) is 2.78. The molecule has 0 saturated carbocycles. The summed E-state index contributed by atoms with van der Waals surface area (Å²) in [6, 6.07) is 10.5. The van der Waals surface area contributed by atoms with Crippen LogP contribution in [0.25, 0.3) is 0 Å². The molecule has 1 atom stereocenters. The summed E-state index contributed by atoms with van der Waals surface area (Å²) in [6.07, 6.45) is 0.810. The van der Waals surface area contributed by atoms with Crippen molar-refractivity contribution >= 4 is 0 Å². The van der Waals surface area contributed by atoms with Gasteiger partial charge in [-0.3, -0.25) is 0 Å². The van der Waals surface area contributed by atoms with Crippen molar-refractivity contribution in [2.24, 2.45) is 0 Å². The minimum absolute atomic E-state index is 0.196. The Balaban J connectivity index is 2.32. The highest BCUT2D eigenvalue weighted by Crippen LogP contribution is 2.10. The van der Waals surface area contributed by atoms with Crippen LogP contribution in [0.15, 0.2) is 24.3 Å². The lowest BCUT2D eigenvalue weighted by molar-refractivity contribution is -0.0664. The quantitative estimate of drug-likeness (QED) is 0.647. The van der Waals surface area contributed by atoms with Gasteiger partial charge in [0.05, 0.1) is 6.61 Å². The van der Waals surface area contributed by atoms with E-state index in [-0.39, 0.29) is 6.29 Å². The van der Waals surface area contributed by atoms with E-state index in [0.29, 0.717) is 0 Å². The molecule has 71 valence electrons. The molecule has 1 aromatic rings. The lowest BCUT2D eigenvalue weighted by Crippen LogP contribution is -2.16. The summed E-state index contributed by atoms with van der Waals surface area (Å²) < 4.78 is 10.8. The first-order valence-electron chi connectivity index (χ1n) is 4.58. The minimum Gasteiger partial charge on any atom is -0.465 e. The highest BCUT2D eigenvalue weighted by Gasteiger charge is 2.01. The first kappa shape index (κ1) is 10.1. The molecule has 0 N–H and O–H groups in total. The predicted octanol–water partition coefficient (Wildman–Crippen LogP) is 2.64. The molecular formula is C11H15O2. The Morgan fingerprint density at radius 2 is 2.31 bits per heavy atom. The predicted molar refractivity (Wildman–Crippen MR) is 51.6 cm³/mol. The highest BCUT2D eigenvalue weighted by atomic mass is 16.7. The maximum Gasteiger partial charge on any atom is 0.197 e. The first-order valence-corrected chi connectivity index (χ1v) is 4.58. The molecule has 0 aliphatic carbocycles. The lowest BCUT2D eigenvalue weighted by Gasteiger charge is -2.14. The van der Waals surface area contributed by atoms with Crippen molar-refractivity contribution in [1.29, 1.82) is 0 Å². The lowest BCUT2D eigenvalue weighted by atomic mass is 10.3. The van der Waals surface area contributed by atoms with Crippen LogP contribution < -0.4 is 4.74 Å². The van der Waals surface area contributed by atoms with Gasteiger partial charge in [0.1, 0.15) is 5.75 Å². The molecule has 1 unspecified atom stereocenters. The Morgan fingerprint density at radius 3 is 2.92 bits per heavy atom. The number of para-hydroxylation sites is 1. The van der Waals surface area contributed by atoms with Crippen LogP contribution in [0.2, 0.25) is 0 Å². The summed E-state index contributed by atoms with van der Waals surface area (Å²) >= 11 is 0. The number of hydrogen-bond donors (Lipinski definition) is 0. The molecule has 1 aromatic carbocycles. The fraction of sp³-hybridized carbons (Fsp3) is 0.455. The molecule has 13 heavy (non-hydrogen) atoms. The van der Waals surface area contributed by atoms with Gasteiger partial charge in [0.2, 0.25) is 0 Å². The van der Waals surface area contributed by atoms with E-state index in [9.17, 15) is 0 Å². The molecule has 1 radical (unpaired) electrons. The summed E-state index contributed by atoms with van der Waals surface area (Å²) in [5, 5.41) is 0. The SMILES string of the molecule is CCCOC(C)Oc1[c]cccc1. The van der Waals surface area contributed by atoms with E-state index in [1.165, 1.54) is 0 Å². The molecule has 0 bridgehead atoms. The first-order chi connectivity index (χ1) is 6.33. The van der Waals surface area contributed by atoms with Crippen LogP contribution in [0.1, 0.15) is 20.3 Å². The molecule has 2 nitrogen and oxygen atoms in total. The van der Waals surface area contributed by atoms with Gasteiger partial charge in [0.25, 0.3) is 0 Å². The van der Waals surface area contributed by atoms with Crippen LogP contribution in [0.5, 0.6) is 5.75 Å². The van der Waals surface area contributed by atoms with Gasteiger partial charge in [-0.05, 0) is 19.4 Å². The van der Waals surface area contributed by atoms with Gasteiger partial charge >= 0.3 is 0 Å². The van der Waals surface area contributed by atoms with Gasteiger partial charge in [0, 0.05) is 6.07 Å². The van der Waals surface area contributed by atoms with E-state index in [0.717, 1.165) is 18.8 Å². The van der Waals surface area contributed by atoms with Crippen LogP contribution >= 0.6 is 0 Å². The van der Waals surface area contributed by atoms with Gasteiger partial charge < -0.3 is 9.47 Å². The summed E-state index contributed by atoms with van der Waals surface area (Å²) in [5.74, 6) is 0.728. The molecule has 0 fully saturated rings. The molecule has 1 rings (SSSR count). The van der Waals surface area contributed by atoms with Gasteiger partial charge in [-0.25, -0.2) is 0 Å². The van der Waals surface area contributed by atoms with Crippen LogP contribution in [0.4, 0.5) is 0 Å². The second-order valence-corrected chi connectivity index (χ2v) is 2.78. The summed E-state index contributed by atoms with van der Waals surface area (Å²) in [4.78, 5) is 0. The zero-order valence-corrected chi connectivity index (χ0v) is 8.12. The van der Waals surface area contributed by atoms with Crippen LogP contribution in [0, 0.1) is 6.07 Å². The van der Waals surface area contributed by atoms with E-state index < -0.39 is 0 Å². The van der Waals surface area contributed by atoms with Crippen molar-refractivity contribution in [3.8, 4) is 5.75 Å². The van der Waals surface area contributed by atoms with E-state index in [4.69, 9.17) is 9.47 Å². The molecule has 0 heterocycles. The van der Waals surface area contributed by atoms with E-state index >= 15 is 0 Å². The van der Waals surface area contributed by atoms with Gasteiger partial charge in [-0.1, -0.05) is 25.1 Å². The average Bonchev–Trinajstić information content (AvgIpc) is 2.16. The van der Waals surface area contributed by atoms with Crippen LogP contribution in [-0.4, -0.2) is 12.9 Å².